The number of hydrogen-bond donors (Lipinski definition) is 2. The van der Waals surface area contributed by atoms with Crippen LogP contribution in [0.2, 0.25) is 18.1 Å². The fraction of sp³-hybridized carbons (Fsp3) is 0.600. The van der Waals surface area contributed by atoms with Gasteiger partial charge in [-0.05, 0) is 49.1 Å². The standard InChI is InChI=1S/C15H26BBrO3Si/c1-14(2,3)21(6,7)20-15(4,5)12-9-8-11(16(18)19)10-13(12)17/h8-10,18-19H,1-7H3. The minimum atomic E-state index is -1.90. The molecule has 0 spiro atoms. The quantitative estimate of drug-likeness (QED) is 0.796. The van der Waals surface area contributed by atoms with Gasteiger partial charge in [0, 0.05) is 4.47 Å². The molecule has 118 valence electrons. The monoisotopic (exact) mass is 372 g/mol. The molecule has 0 aliphatic heterocycles. The maximum Gasteiger partial charge on any atom is 0.488 e. The van der Waals surface area contributed by atoms with Gasteiger partial charge in [-0.15, -0.1) is 0 Å². The summed E-state index contributed by atoms with van der Waals surface area (Å²) >= 11 is 3.52. The van der Waals surface area contributed by atoms with Gasteiger partial charge >= 0.3 is 7.12 Å². The fourth-order valence-electron chi connectivity index (χ4n) is 2.03. The van der Waals surface area contributed by atoms with E-state index < -0.39 is 21.0 Å². The van der Waals surface area contributed by atoms with E-state index in [2.05, 4.69) is 63.6 Å². The van der Waals surface area contributed by atoms with Crippen molar-refractivity contribution in [3.63, 3.8) is 0 Å². The van der Waals surface area contributed by atoms with E-state index in [1.165, 1.54) is 0 Å². The van der Waals surface area contributed by atoms with Crippen LogP contribution in [0.15, 0.2) is 22.7 Å². The van der Waals surface area contributed by atoms with E-state index in [0.717, 1.165) is 10.0 Å². The Morgan fingerprint density at radius 1 is 1.10 bits per heavy atom. The van der Waals surface area contributed by atoms with Gasteiger partial charge in [-0.2, -0.15) is 0 Å². The Balaban J connectivity index is 3.14. The van der Waals surface area contributed by atoms with Gasteiger partial charge in [0.2, 0.25) is 0 Å². The third-order valence-corrected chi connectivity index (χ3v) is 9.55. The molecule has 0 bridgehead atoms. The average Bonchev–Trinajstić information content (AvgIpc) is 2.25. The summed E-state index contributed by atoms with van der Waals surface area (Å²) in [5.41, 5.74) is 1.03. The molecule has 0 atom stereocenters. The molecule has 1 aromatic rings. The van der Waals surface area contributed by atoms with Gasteiger partial charge in [0.25, 0.3) is 0 Å². The van der Waals surface area contributed by atoms with Gasteiger partial charge in [-0.25, -0.2) is 0 Å². The van der Waals surface area contributed by atoms with E-state index >= 15 is 0 Å². The number of halogens is 1. The summed E-state index contributed by atoms with van der Waals surface area (Å²) in [5, 5.41) is 18.6. The molecule has 1 aromatic carbocycles. The zero-order valence-corrected chi connectivity index (χ0v) is 16.6. The van der Waals surface area contributed by atoms with Crippen molar-refractivity contribution in [3.8, 4) is 0 Å². The maximum absolute atomic E-state index is 9.25. The molecule has 6 heteroatoms. The van der Waals surface area contributed by atoms with Crippen LogP contribution in [0, 0.1) is 0 Å². The third kappa shape index (κ3) is 4.42. The van der Waals surface area contributed by atoms with E-state index in [1.54, 1.807) is 12.1 Å². The molecule has 0 aromatic heterocycles. The SMILES string of the molecule is CC(C)(O[Si](C)(C)C(C)(C)C)c1ccc(B(O)O)cc1Br. The van der Waals surface area contributed by atoms with E-state index in [9.17, 15) is 10.0 Å². The normalized spacial score (nSPS) is 13.4. The lowest BCUT2D eigenvalue weighted by molar-refractivity contribution is 0.0895. The van der Waals surface area contributed by atoms with E-state index in [0.29, 0.717) is 5.46 Å². The second kappa shape index (κ2) is 6.16. The highest BCUT2D eigenvalue weighted by Crippen LogP contribution is 2.42. The molecule has 0 saturated heterocycles. The first kappa shape index (κ1) is 18.9. The summed E-state index contributed by atoms with van der Waals surface area (Å²) in [7, 11) is -3.36. The topological polar surface area (TPSA) is 49.7 Å². The summed E-state index contributed by atoms with van der Waals surface area (Å²) in [6, 6.07) is 5.35. The van der Waals surface area contributed by atoms with Crippen LogP contribution in [0.5, 0.6) is 0 Å². The molecule has 0 unspecified atom stereocenters. The predicted molar refractivity (Wildman–Crippen MR) is 95.3 cm³/mol. The van der Waals surface area contributed by atoms with Crippen molar-refractivity contribution < 1.29 is 14.5 Å². The maximum atomic E-state index is 9.25. The molecule has 0 aliphatic rings. The molecule has 0 radical (unpaired) electrons. The van der Waals surface area contributed by atoms with Crippen LogP contribution in [-0.2, 0) is 10.0 Å². The van der Waals surface area contributed by atoms with Crippen molar-refractivity contribution in [2.24, 2.45) is 0 Å². The molecule has 21 heavy (non-hydrogen) atoms. The molecule has 0 amide bonds. The van der Waals surface area contributed by atoms with Crippen LogP contribution >= 0.6 is 15.9 Å². The summed E-state index contributed by atoms with van der Waals surface area (Å²) in [5.74, 6) is 0. The van der Waals surface area contributed by atoms with Gasteiger partial charge in [-0.1, -0.05) is 48.8 Å². The van der Waals surface area contributed by atoms with Crippen molar-refractivity contribution in [3.05, 3.63) is 28.2 Å². The van der Waals surface area contributed by atoms with Crippen LogP contribution in [-0.4, -0.2) is 25.5 Å². The summed E-state index contributed by atoms with van der Waals surface area (Å²) in [6.45, 7) is 15.2. The lowest BCUT2D eigenvalue weighted by Crippen LogP contribution is -2.46. The minimum absolute atomic E-state index is 0.137. The lowest BCUT2D eigenvalue weighted by Gasteiger charge is -2.43. The van der Waals surface area contributed by atoms with Gasteiger partial charge < -0.3 is 14.5 Å². The van der Waals surface area contributed by atoms with Gasteiger partial charge in [0.15, 0.2) is 8.32 Å². The molecular formula is C15H26BBrO3Si. The highest BCUT2D eigenvalue weighted by Gasteiger charge is 2.42. The van der Waals surface area contributed by atoms with Crippen LogP contribution in [0.1, 0.15) is 40.2 Å². The summed E-state index contributed by atoms with van der Waals surface area (Å²) < 4.78 is 7.37. The van der Waals surface area contributed by atoms with Crippen molar-refractivity contribution >= 4 is 36.8 Å². The van der Waals surface area contributed by atoms with E-state index in [-0.39, 0.29) is 5.04 Å². The van der Waals surface area contributed by atoms with Crippen molar-refractivity contribution in [2.75, 3.05) is 0 Å². The summed E-state index contributed by atoms with van der Waals surface area (Å²) in [6.07, 6.45) is 0. The van der Waals surface area contributed by atoms with Crippen LogP contribution in [0.4, 0.5) is 0 Å². The second-order valence-electron chi connectivity index (χ2n) is 7.49. The molecule has 0 saturated carbocycles. The molecule has 0 aliphatic carbocycles. The Hall–Kier alpha value is -0.138. The predicted octanol–water partition coefficient (Wildman–Crippen LogP) is 3.39. The summed E-state index contributed by atoms with van der Waals surface area (Å²) in [4.78, 5) is 0. The average molecular weight is 373 g/mol. The second-order valence-corrected chi connectivity index (χ2v) is 13.1. The fourth-order valence-corrected chi connectivity index (χ4v) is 4.59. The Kier molecular flexibility index (Phi) is 5.55. The largest absolute Gasteiger partial charge is 0.488 e. The molecule has 1 rings (SSSR count). The van der Waals surface area contributed by atoms with Gasteiger partial charge in [0.1, 0.15) is 0 Å². The van der Waals surface area contributed by atoms with Gasteiger partial charge in [-0.3, -0.25) is 0 Å². The number of hydrogen-bond acceptors (Lipinski definition) is 3. The van der Waals surface area contributed by atoms with E-state index in [4.69, 9.17) is 4.43 Å². The zero-order valence-electron chi connectivity index (χ0n) is 14.0. The molecule has 0 fully saturated rings. The van der Waals surface area contributed by atoms with E-state index in [1.807, 2.05) is 6.07 Å². The van der Waals surface area contributed by atoms with Crippen molar-refractivity contribution in [1.29, 1.82) is 0 Å². The van der Waals surface area contributed by atoms with Crippen LogP contribution in [0.25, 0.3) is 0 Å². The highest BCUT2D eigenvalue weighted by atomic mass is 79.9. The third-order valence-electron chi connectivity index (χ3n) is 4.26. The number of benzene rings is 1. The Labute approximate surface area is 138 Å². The smallest absolute Gasteiger partial charge is 0.423 e. The first-order valence-electron chi connectivity index (χ1n) is 7.14. The highest BCUT2D eigenvalue weighted by molar-refractivity contribution is 9.10. The van der Waals surface area contributed by atoms with Crippen LogP contribution < -0.4 is 5.46 Å². The Morgan fingerprint density at radius 2 is 1.62 bits per heavy atom. The molecular weight excluding hydrogens is 347 g/mol. The van der Waals surface area contributed by atoms with Crippen molar-refractivity contribution in [2.45, 2.75) is 58.4 Å². The van der Waals surface area contributed by atoms with Gasteiger partial charge in [0.05, 0.1) is 5.60 Å². The number of rotatable bonds is 4. The first-order valence-corrected chi connectivity index (χ1v) is 10.8. The minimum Gasteiger partial charge on any atom is -0.423 e. The van der Waals surface area contributed by atoms with Crippen molar-refractivity contribution in [1.82, 2.24) is 0 Å². The molecule has 2 N–H and O–H groups in total. The zero-order chi connectivity index (χ0) is 16.6. The molecule has 3 nitrogen and oxygen atoms in total. The lowest BCUT2D eigenvalue weighted by atomic mass is 9.79. The molecule has 0 heterocycles. The first-order chi connectivity index (χ1) is 9.28. The Bertz CT molecular complexity index is 510. The van der Waals surface area contributed by atoms with Crippen LogP contribution in [0.3, 0.4) is 0 Å². The Morgan fingerprint density at radius 3 is 2.00 bits per heavy atom.